The third kappa shape index (κ3) is 2.90. The quantitative estimate of drug-likeness (QED) is 0.877. The summed E-state index contributed by atoms with van der Waals surface area (Å²) in [5.41, 5.74) is 8.50. The predicted molar refractivity (Wildman–Crippen MR) is 71.5 cm³/mol. The fourth-order valence-corrected chi connectivity index (χ4v) is 2.01. The van der Waals surface area contributed by atoms with Crippen LogP contribution in [-0.4, -0.2) is 16.9 Å². The van der Waals surface area contributed by atoms with Crippen LogP contribution in [0, 0.1) is 0 Å². The minimum absolute atomic E-state index is 0.0274. The van der Waals surface area contributed by atoms with Crippen LogP contribution in [0.5, 0.6) is 5.75 Å². The number of nitrogens with two attached hydrogens (primary N) is 1. The maximum Gasteiger partial charge on any atom is 0.118 e. The summed E-state index contributed by atoms with van der Waals surface area (Å²) in [6.45, 7) is 0. The summed E-state index contributed by atoms with van der Waals surface area (Å²) in [5, 5.41) is 4.14. The molecular weight excluding hydrogens is 226 g/mol. The number of aryl methyl sites for hydroxylation is 2. The SMILES string of the molecule is COc1ccc(CCC(N)c2ccnn2C)cc1. The van der Waals surface area contributed by atoms with Crippen LogP contribution in [0.3, 0.4) is 0 Å². The maximum absolute atomic E-state index is 6.16. The summed E-state index contributed by atoms with van der Waals surface area (Å²) in [6, 6.07) is 10.1. The molecule has 2 aromatic rings. The second-order valence-corrected chi connectivity index (χ2v) is 4.37. The molecule has 0 aliphatic heterocycles. The van der Waals surface area contributed by atoms with E-state index in [0.717, 1.165) is 24.3 Å². The van der Waals surface area contributed by atoms with Gasteiger partial charge in [0, 0.05) is 19.3 Å². The molecule has 0 aliphatic rings. The highest BCUT2D eigenvalue weighted by Crippen LogP contribution is 2.17. The fourth-order valence-electron chi connectivity index (χ4n) is 2.01. The van der Waals surface area contributed by atoms with Gasteiger partial charge in [-0.2, -0.15) is 5.10 Å². The minimum atomic E-state index is 0.0274. The molecule has 2 N–H and O–H groups in total. The normalized spacial score (nSPS) is 12.4. The van der Waals surface area contributed by atoms with E-state index in [4.69, 9.17) is 10.5 Å². The number of ether oxygens (including phenoxy) is 1. The van der Waals surface area contributed by atoms with Gasteiger partial charge in [-0.05, 0) is 36.6 Å². The van der Waals surface area contributed by atoms with Crippen molar-refractivity contribution in [3.63, 3.8) is 0 Å². The number of nitrogens with zero attached hydrogens (tertiary/aromatic N) is 2. The van der Waals surface area contributed by atoms with E-state index in [2.05, 4.69) is 17.2 Å². The Hall–Kier alpha value is -1.81. The molecule has 96 valence electrons. The summed E-state index contributed by atoms with van der Waals surface area (Å²) >= 11 is 0. The molecule has 0 bridgehead atoms. The van der Waals surface area contributed by atoms with Crippen molar-refractivity contribution in [1.82, 2.24) is 9.78 Å². The van der Waals surface area contributed by atoms with E-state index in [1.165, 1.54) is 5.56 Å². The Labute approximate surface area is 107 Å². The van der Waals surface area contributed by atoms with Gasteiger partial charge in [-0.3, -0.25) is 4.68 Å². The molecule has 0 aliphatic carbocycles. The van der Waals surface area contributed by atoms with Crippen LogP contribution in [-0.2, 0) is 13.5 Å². The fraction of sp³-hybridized carbons (Fsp3) is 0.357. The minimum Gasteiger partial charge on any atom is -0.497 e. The zero-order chi connectivity index (χ0) is 13.0. The molecular formula is C14H19N3O. The Bertz CT molecular complexity index is 490. The molecule has 18 heavy (non-hydrogen) atoms. The smallest absolute Gasteiger partial charge is 0.118 e. The van der Waals surface area contributed by atoms with Gasteiger partial charge >= 0.3 is 0 Å². The molecule has 4 nitrogen and oxygen atoms in total. The molecule has 0 saturated carbocycles. The van der Waals surface area contributed by atoms with Gasteiger partial charge in [-0.25, -0.2) is 0 Å². The first kappa shape index (κ1) is 12.6. The maximum atomic E-state index is 6.16. The van der Waals surface area contributed by atoms with Crippen molar-refractivity contribution in [3.8, 4) is 5.75 Å². The van der Waals surface area contributed by atoms with Crippen LogP contribution >= 0.6 is 0 Å². The molecule has 0 saturated heterocycles. The highest BCUT2D eigenvalue weighted by Gasteiger charge is 2.09. The number of rotatable bonds is 5. The lowest BCUT2D eigenvalue weighted by Crippen LogP contribution is -2.15. The van der Waals surface area contributed by atoms with Crippen molar-refractivity contribution < 1.29 is 4.74 Å². The summed E-state index contributed by atoms with van der Waals surface area (Å²) in [5.74, 6) is 0.884. The topological polar surface area (TPSA) is 53.1 Å². The highest BCUT2D eigenvalue weighted by molar-refractivity contribution is 5.27. The van der Waals surface area contributed by atoms with Gasteiger partial charge in [-0.1, -0.05) is 12.1 Å². The summed E-state index contributed by atoms with van der Waals surface area (Å²) < 4.78 is 6.97. The average molecular weight is 245 g/mol. The molecule has 1 heterocycles. The van der Waals surface area contributed by atoms with E-state index in [1.54, 1.807) is 13.3 Å². The Kier molecular flexibility index (Phi) is 3.99. The Morgan fingerprint density at radius 3 is 2.56 bits per heavy atom. The Morgan fingerprint density at radius 1 is 1.28 bits per heavy atom. The van der Waals surface area contributed by atoms with Crippen molar-refractivity contribution in [2.75, 3.05) is 7.11 Å². The van der Waals surface area contributed by atoms with Crippen molar-refractivity contribution in [2.24, 2.45) is 12.8 Å². The van der Waals surface area contributed by atoms with Gasteiger partial charge in [0.1, 0.15) is 5.75 Å². The first-order valence-electron chi connectivity index (χ1n) is 6.07. The number of hydrogen-bond donors (Lipinski definition) is 1. The third-order valence-corrected chi connectivity index (χ3v) is 3.14. The van der Waals surface area contributed by atoms with Crippen LogP contribution < -0.4 is 10.5 Å². The van der Waals surface area contributed by atoms with Crippen LogP contribution in [0.25, 0.3) is 0 Å². The first-order valence-corrected chi connectivity index (χ1v) is 6.07. The first-order chi connectivity index (χ1) is 8.70. The van der Waals surface area contributed by atoms with E-state index in [-0.39, 0.29) is 6.04 Å². The standard InChI is InChI=1S/C14H19N3O/c1-17-14(9-10-16-17)13(15)8-5-11-3-6-12(18-2)7-4-11/h3-4,6-7,9-10,13H,5,8,15H2,1-2H3. The van der Waals surface area contributed by atoms with Crippen molar-refractivity contribution in [2.45, 2.75) is 18.9 Å². The lowest BCUT2D eigenvalue weighted by atomic mass is 10.0. The number of methoxy groups -OCH3 is 1. The molecule has 1 aromatic carbocycles. The van der Waals surface area contributed by atoms with Gasteiger partial charge in [0.25, 0.3) is 0 Å². The van der Waals surface area contributed by atoms with Gasteiger partial charge in [-0.15, -0.1) is 0 Å². The van der Waals surface area contributed by atoms with Gasteiger partial charge < -0.3 is 10.5 Å². The van der Waals surface area contributed by atoms with E-state index in [9.17, 15) is 0 Å². The molecule has 1 aromatic heterocycles. The zero-order valence-electron chi connectivity index (χ0n) is 10.8. The van der Waals surface area contributed by atoms with E-state index < -0.39 is 0 Å². The molecule has 1 unspecified atom stereocenters. The molecule has 2 rings (SSSR count). The lowest BCUT2D eigenvalue weighted by Gasteiger charge is -2.12. The molecule has 0 fully saturated rings. The Balaban J connectivity index is 1.93. The number of aromatic nitrogens is 2. The third-order valence-electron chi connectivity index (χ3n) is 3.14. The Morgan fingerprint density at radius 2 is 2.00 bits per heavy atom. The second-order valence-electron chi connectivity index (χ2n) is 4.37. The van der Waals surface area contributed by atoms with Crippen LogP contribution in [0.4, 0.5) is 0 Å². The van der Waals surface area contributed by atoms with Crippen LogP contribution in [0.2, 0.25) is 0 Å². The van der Waals surface area contributed by atoms with Gasteiger partial charge in [0.05, 0.1) is 12.8 Å². The van der Waals surface area contributed by atoms with Crippen molar-refractivity contribution in [3.05, 3.63) is 47.8 Å². The van der Waals surface area contributed by atoms with E-state index in [1.807, 2.05) is 29.9 Å². The molecule has 0 amide bonds. The van der Waals surface area contributed by atoms with Crippen molar-refractivity contribution >= 4 is 0 Å². The summed E-state index contributed by atoms with van der Waals surface area (Å²) in [7, 11) is 3.59. The lowest BCUT2D eigenvalue weighted by molar-refractivity contribution is 0.414. The highest BCUT2D eigenvalue weighted by atomic mass is 16.5. The van der Waals surface area contributed by atoms with Gasteiger partial charge in [0.2, 0.25) is 0 Å². The van der Waals surface area contributed by atoms with Crippen LogP contribution in [0.1, 0.15) is 23.7 Å². The molecule has 1 atom stereocenters. The van der Waals surface area contributed by atoms with Crippen LogP contribution in [0.15, 0.2) is 36.5 Å². The molecule has 0 radical (unpaired) electrons. The van der Waals surface area contributed by atoms with E-state index >= 15 is 0 Å². The van der Waals surface area contributed by atoms with Crippen molar-refractivity contribution in [1.29, 1.82) is 0 Å². The monoisotopic (exact) mass is 245 g/mol. The average Bonchev–Trinajstić information content (AvgIpc) is 2.83. The summed E-state index contributed by atoms with van der Waals surface area (Å²) in [6.07, 6.45) is 3.64. The number of hydrogen-bond acceptors (Lipinski definition) is 3. The second kappa shape index (κ2) is 5.69. The van der Waals surface area contributed by atoms with E-state index in [0.29, 0.717) is 0 Å². The molecule has 0 spiro atoms. The number of benzene rings is 1. The zero-order valence-corrected chi connectivity index (χ0v) is 10.8. The largest absolute Gasteiger partial charge is 0.497 e. The molecule has 4 heteroatoms. The summed E-state index contributed by atoms with van der Waals surface area (Å²) in [4.78, 5) is 0. The van der Waals surface area contributed by atoms with Gasteiger partial charge in [0.15, 0.2) is 0 Å². The predicted octanol–water partition coefficient (Wildman–Crippen LogP) is 2.06.